The number of aromatic nitrogens is 2. The molecule has 0 aliphatic carbocycles. The maximum Gasteiger partial charge on any atom is 0.393 e. The summed E-state index contributed by atoms with van der Waals surface area (Å²) in [7, 11) is 0. The summed E-state index contributed by atoms with van der Waals surface area (Å²) in [5.41, 5.74) is 0.748. The molecule has 0 fully saturated rings. The molecule has 1 aromatic carbocycles. The van der Waals surface area contributed by atoms with Gasteiger partial charge in [-0.05, 0) is 12.1 Å². The Kier molecular flexibility index (Phi) is 4.68. The number of para-hydroxylation sites is 1. The van der Waals surface area contributed by atoms with Crippen molar-refractivity contribution in [1.82, 2.24) is 10.2 Å². The van der Waals surface area contributed by atoms with E-state index < -0.39 is 11.9 Å². The van der Waals surface area contributed by atoms with Crippen LogP contribution in [0.15, 0.2) is 34.7 Å². The highest BCUT2D eigenvalue weighted by Crippen LogP contribution is 2.13. The summed E-state index contributed by atoms with van der Waals surface area (Å²) in [6.45, 7) is 4.00. The van der Waals surface area contributed by atoms with Crippen molar-refractivity contribution in [3.05, 3.63) is 36.2 Å². The SMILES string of the molecule is CC.O=C(O)c1nnc(Nc2ccccc2)o1. The van der Waals surface area contributed by atoms with E-state index in [0.29, 0.717) is 0 Å². The first kappa shape index (κ1) is 12.7. The second-order valence-electron chi connectivity index (χ2n) is 2.71. The van der Waals surface area contributed by atoms with Gasteiger partial charge in [-0.15, -0.1) is 0 Å². The molecule has 0 spiro atoms. The predicted molar refractivity (Wildman–Crippen MR) is 62.3 cm³/mol. The molecule has 0 radical (unpaired) electrons. The number of nitrogens with one attached hydrogen (secondary N) is 1. The summed E-state index contributed by atoms with van der Waals surface area (Å²) >= 11 is 0. The summed E-state index contributed by atoms with van der Waals surface area (Å²) in [4.78, 5) is 10.4. The van der Waals surface area contributed by atoms with Crippen LogP contribution in [0, 0.1) is 0 Å². The summed E-state index contributed by atoms with van der Waals surface area (Å²) in [5, 5.41) is 18.2. The molecule has 2 aromatic rings. The number of benzene rings is 1. The highest BCUT2D eigenvalue weighted by molar-refractivity contribution is 5.82. The molecule has 6 nitrogen and oxygen atoms in total. The fourth-order valence-electron chi connectivity index (χ4n) is 1.01. The first-order chi connectivity index (χ1) is 8.25. The fraction of sp³-hybridized carbons (Fsp3) is 0.182. The molecule has 2 rings (SSSR count). The Morgan fingerprint density at radius 3 is 2.41 bits per heavy atom. The number of nitrogens with zero attached hydrogens (tertiary/aromatic N) is 2. The summed E-state index contributed by atoms with van der Waals surface area (Å²) in [6, 6.07) is 9.17. The van der Waals surface area contributed by atoms with Crippen LogP contribution in [0.25, 0.3) is 0 Å². The zero-order chi connectivity index (χ0) is 12.7. The first-order valence-electron chi connectivity index (χ1n) is 5.14. The normalized spacial score (nSPS) is 9.06. The Balaban J connectivity index is 0.000000686. The number of carbonyl (C=O) groups is 1. The smallest absolute Gasteiger partial charge is 0.393 e. The van der Waals surface area contributed by atoms with Crippen LogP contribution in [0.3, 0.4) is 0 Å². The van der Waals surface area contributed by atoms with E-state index >= 15 is 0 Å². The summed E-state index contributed by atoms with van der Waals surface area (Å²) in [5.74, 6) is -1.68. The second-order valence-corrected chi connectivity index (χ2v) is 2.71. The van der Waals surface area contributed by atoms with Crippen molar-refractivity contribution < 1.29 is 14.3 Å². The lowest BCUT2D eigenvalue weighted by molar-refractivity contribution is 0.0654. The molecule has 1 heterocycles. The molecule has 0 unspecified atom stereocenters. The number of anilines is 2. The molecule has 17 heavy (non-hydrogen) atoms. The predicted octanol–water partition coefficient (Wildman–Crippen LogP) is 2.54. The van der Waals surface area contributed by atoms with Crippen LogP contribution in [0.2, 0.25) is 0 Å². The van der Waals surface area contributed by atoms with Gasteiger partial charge >= 0.3 is 17.9 Å². The van der Waals surface area contributed by atoms with Crippen LogP contribution in [0.1, 0.15) is 24.5 Å². The van der Waals surface area contributed by atoms with Crippen molar-refractivity contribution >= 4 is 17.7 Å². The van der Waals surface area contributed by atoms with Crippen LogP contribution in [0.4, 0.5) is 11.7 Å². The number of carboxylic acids is 1. The maximum absolute atomic E-state index is 10.4. The summed E-state index contributed by atoms with van der Waals surface area (Å²) < 4.78 is 4.82. The molecule has 0 aliphatic rings. The van der Waals surface area contributed by atoms with Gasteiger partial charge < -0.3 is 14.8 Å². The number of aromatic carboxylic acids is 1. The standard InChI is InChI=1S/C9H7N3O3.C2H6/c13-8(14)7-11-12-9(15-7)10-6-4-2-1-3-5-6;1-2/h1-5H,(H,10,12)(H,13,14);1-2H3. The molecule has 6 heteroatoms. The molecular weight excluding hydrogens is 222 g/mol. The number of hydrogen-bond donors (Lipinski definition) is 2. The van der Waals surface area contributed by atoms with Crippen LogP contribution < -0.4 is 5.32 Å². The fourth-order valence-corrected chi connectivity index (χ4v) is 1.01. The third-order valence-electron chi connectivity index (χ3n) is 1.63. The van der Waals surface area contributed by atoms with Gasteiger partial charge in [-0.25, -0.2) is 4.79 Å². The molecule has 90 valence electrons. The second kappa shape index (κ2) is 6.26. The molecule has 0 atom stereocenters. The van der Waals surface area contributed by atoms with Crippen LogP contribution >= 0.6 is 0 Å². The van der Waals surface area contributed by atoms with Crippen LogP contribution in [0.5, 0.6) is 0 Å². The Morgan fingerprint density at radius 1 is 1.24 bits per heavy atom. The van der Waals surface area contributed by atoms with E-state index in [4.69, 9.17) is 9.52 Å². The lowest BCUT2D eigenvalue weighted by Crippen LogP contribution is -1.95. The molecule has 0 saturated carbocycles. The van der Waals surface area contributed by atoms with E-state index in [-0.39, 0.29) is 6.01 Å². The highest BCUT2D eigenvalue weighted by atomic mass is 16.4. The van der Waals surface area contributed by atoms with E-state index in [0.717, 1.165) is 5.69 Å². The Labute approximate surface area is 98.3 Å². The van der Waals surface area contributed by atoms with Gasteiger partial charge in [-0.2, -0.15) is 0 Å². The number of rotatable bonds is 3. The van der Waals surface area contributed by atoms with Gasteiger partial charge in [-0.1, -0.05) is 42.2 Å². The van der Waals surface area contributed by atoms with Gasteiger partial charge in [0.2, 0.25) is 0 Å². The quantitative estimate of drug-likeness (QED) is 0.849. The van der Waals surface area contributed by atoms with E-state index in [9.17, 15) is 4.79 Å². The van der Waals surface area contributed by atoms with Crippen molar-refractivity contribution in [3.8, 4) is 0 Å². The van der Waals surface area contributed by atoms with Crippen LogP contribution in [-0.2, 0) is 0 Å². The van der Waals surface area contributed by atoms with Crippen LogP contribution in [-0.4, -0.2) is 21.3 Å². The minimum Gasteiger partial charge on any atom is -0.474 e. The molecule has 1 aromatic heterocycles. The average Bonchev–Trinajstić information content (AvgIpc) is 2.82. The zero-order valence-corrected chi connectivity index (χ0v) is 9.54. The van der Waals surface area contributed by atoms with E-state index in [1.54, 1.807) is 12.1 Å². The Bertz CT molecular complexity index is 468. The highest BCUT2D eigenvalue weighted by Gasteiger charge is 2.12. The molecule has 0 bridgehead atoms. The lowest BCUT2D eigenvalue weighted by atomic mass is 10.3. The summed E-state index contributed by atoms with van der Waals surface area (Å²) in [6.07, 6.45) is 0. The molecule has 0 amide bonds. The topological polar surface area (TPSA) is 88.2 Å². The Morgan fingerprint density at radius 2 is 1.88 bits per heavy atom. The molecular formula is C11H13N3O3. The largest absolute Gasteiger partial charge is 0.474 e. The van der Waals surface area contributed by atoms with Gasteiger partial charge in [0.15, 0.2) is 0 Å². The van der Waals surface area contributed by atoms with Gasteiger partial charge in [0.25, 0.3) is 0 Å². The van der Waals surface area contributed by atoms with Crippen molar-refractivity contribution in [2.75, 3.05) is 5.32 Å². The minimum absolute atomic E-state index is 0.0543. The third kappa shape index (κ3) is 3.60. The van der Waals surface area contributed by atoms with Crippen molar-refractivity contribution in [2.45, 2.75) is 13.8 Å². The molecule has 2 N–H and O–H groups in total. The van der Waals surface area contributed by atoms with E-state index in [1.165, 1.54) is 0 Å². The molecule has 0 saturated heterocycles. The Hall–Kier alpha value is -2.37. The minimum atomic E-state index is -1.25. The number of carboxylic acid groups (broad SMARTS) is 1. The van der Waals surface area contributed by atoms with Crippen molar-refractivity contribution in [1.29, 1.82) is 0 Å². The monoisotopic (exact) mass is 235 g/mol. The van der Waals surface area contributed by atoms with Crippen molar-refractivity contribution in [2.24, 2.45) is 0 Å². The van der Waals surface area contributed by atoms with Gasteiger partial charge in [0.1, 0.15) is 0 Å². The van der Waals surface area contributed by atoms with Gasteiger partial charge in [0.05, 0.1) is 0 Å². The lowest BCUT2D eigenvalue weighted by Gasteiger charge is -1.98. The number of hydrogen-bond acceptors (Lipinski definition) is 5. The van der Waals surface area contributed by atoms with Crippen molar-refractivity contribution in [3.63, 3.8) is 0 Å². The zero-order valence-electron chi connectivity index (χ0n) is 9.54. The average molecular weight is 235 g/mol. The maximum atomic E-state index is 10.4. The third-order valence-corrected chi connectivity index (χ3v) is 1.63. The first-order valence-corrected chi connectivity index (χ1v) is 5.14. The van der Waals surface area contributed by atoms with Gasteiger partial charge in [-0.3, -0.25) is 0 Å². The van der Waals surface area contributed by atoms with E-state index in [1.807, 2.05) is 32.0 Å². The van der Waals surface area contributed by atoms with E-state index in [2.05, 4.69) is 15.5 Å². The van der Waals surface area contributed by atoms with Gasteiger partial charge in [0, 0.05) is 5.69 Å². The molecule has 0 aliphatic heterocycles.